The van der Waals surface area contributed by atoms with Crippen molar-refractivity contribution in [3.63, 3.8) is 0 Å². The van der Waals surface area contributed by atoms with Crippen molar-refractivity contribution >= 4 is 17.0 Å². The van der Waals surface area contributed by atoms with Crippen LogP contribution in [0.4, 0.5) is 11.4 Å². The Morgan fingerprint density at radius 1 is 1.21 bits per heavy atom. The van der Waals surface area contributed by atoms with E-state index in [0.29, 0.717) is 29.4 Å². The zero-order valence-corrected chi connectivity index (χ0v) is 13.1. The fourth-order valence-electron chi connectivity index (χ4n) is 2.37. The van der Waals surface area contributed by atoms with E-state index in [1.54, 1.807) is 35.1 Å². The fourth-order valence-corrected chi connectivity index (χ4v) is 2.37. The Morgan fingerprint density at radius 3 is 2.67 bits per heavy atom. The van der Waals surface area contributed by atoms with Gasteiger partial charge in [0.1, 0.15) is 5.69 Å². The van der Waals surface area contributed by atoms with Crippen molar-refractivity contribution in [2.24, 2.45) is 0 Å². The molecule has 9 heteroatoms. The first-order chi connectivity index (χ1) is 11.6. The summed E-state index contributed by atoms with van der Waals surface area (Å²) in [5.74, 6) is 0.706. The van der Waals surface area contributed by atoms with Crippen molar-refractivity contribution in [3.05, 3.63) is 52.5 Å². The van der Waals surface area contributed by atoms with Gasteiger partial charge in [0.2, 0.25) is 0 Å². The third kappa shape index (κ3) is 2.78. The fraction of sp³-hybridized carbons (Fsp3) is 0.200. The molecule has 0 saturated carbocycles. The summed E-state index contributed by atoms with van der Waals surface area (Å²) in [7, 11) is 2.91. The van der Waals surface area contributed by atoms with Gasteiger partial charge in [-0.3, -0.25) is 10.1 Å². The summed E-state index contributed by atoms with van der Waals surface area (Å²) in [6, 6.07) is 6.44. The smallest absolute Gasteiger partial charge is 0.296 e. The summed E-state index contributed by atoms with van der Waals surface area (Å²) in [5.41, 5.74) is 1.75. The quantitative estimate of drug-likeness (QED) is 0.546. The van der Waals surface area contributed by atoms with Gasteiger partial charge < -0.3 is 14.8 Å². The Hall–Kier alpha value is -3.36. The van der Waals surface area contributed by atoms with Crippen molar-refractivity contribution in [1.82, 2.24) is 14.6 Å². The van der Waals surface area contributed by atoms with Crippen LogP contribution in [-0.2, 0) is 6.54 Å². The topological polar surface area (TPSA) is 104 Å². The van der Waals surface area contributed by atoms with Crippen LogP contribution >= 0.6 is 0 Å². The van der Waals surface area contributed by atoms with Crippen LogP contribution in [-0.4, -0.2) is 33.7 Å². The minimum absolute atomic E-state index is 0.0987. The number of hydrogen-bond acceptors (Lipinski definition) is 7. The van der Waals surface area contributed by atoms with Crippen molar-refractivity contribution in [2.75, 3.05) is 19.5 Å². The maximum absolute atomic E-state index is 11.3. The van der Waals surface area contributed by atoms with Crippen molar-refractivity contribution < 1.29 is 14.4 Å². The average Bonchev–Trinajstić information content (AvgIpc) is 3.08. The molecule has 1 N–H and O–H groups in total. The second kappa shape index (κ2) is 6.41. The number of nitrogens with one attached hydrogen (secondary N) is 1. The Bertz CT molecular complexity index is 893. The molecule has 0 saturated heterocycles. The maximum Gasteiger partial charge on any atom is 0.296 e. The monoisotopic (exact) mass is 329 g/mol. The number of nitro benzene ring substituents is 1. The predicted octanol–water partition coefficient (Wildman–Crippen LogP) is 2.27. The Labute approximate surface area is 137 Å². The number of nitrogens with zero attached hydrogens (tertiary/aromatic N) is 4. The summed E-state index contributed by atoms with van der Waals surface area (Å²) in [4.78, 5) is 15.0. The van der Waals surface area contributed by atoms with E-state index < -0.39 is 4.92 Å². The summed E-state index contributed by atoms with van der Waals surface area (Å²) in [5, 5.41) is 18.6. The predicted molar refractivity (Wildman–Crippen MR) is 86.5 cm³/mol. The Morgan fingerprint density at radius 2 is 1.96 bits per heavy atom. The summed E-state index contributed by atoms with van der Waals surface area (Å²) in [6.07, 6.45) is 3.31. The average molecular weight is 329 g/mol. The number of nitro groups is 1. The number of hydrogen-bond donors (Lipinski definition) is 1. The highest BCUT2D eigenvalue weighted by atomic mass is 16.6. The van der Waals surface area contributed by atoms with Gasteiger partial charge in [0.05, 0.1) is 43.6 Å². The van der Waals surface area contributed by atoms with E-state index in [0.717, 1.165) is 5.69 Å². The highest BCUT2D eigenvalue weighted by Gasteiger charge is 2.19. The molecule has 0 spiro atoms. The molecule has 2 aromatic heterocycles. The Kier molecular flexibility index (Phi) is 4.15. The van der Waals surface area contributed by atoms with Gasteiger partial charge in [-0.1, -0.05) is 0 Å². The molecular formula is C15H15N5O4. The first-order valence-electron chi connectivity index (χ1n) is 7.06. The number of fused-ring (bicyclic) bond motifs is 1. The van der Waals surface area contributed by atoms with E-state index in [2.05, 4.69) is 15.4 Å². The van der Waals surface area contributed by atoms with Gasteiger partial charge in [-0.05, 0) is 6.07 Å². The van der Waals surface area contributed by atoms with E-state index in [-0.39, 0.29) is 5.69 Å². The van der Waals surface area contributed by atoms with Gasteiger partial charge in [-0.25, -0.2) is 9.50 Å². The van der Waals surface area contributed by atoms with E-state index in [1.807, 2.05) is 0 Å². The number of rotatable bonds is 6. The number of ether oxygens (including phenoxy) is 2. The lowest BCUT2D eigenvalue weighted by Gasteiger charge is -2.12. The van der Waals surface area contributed by atoms with Crippen LogP contribution in [0.3, 0.4) is 0 Å². The molecule has 1 aromatic carbocycles. The molecule has 0 aliphatic heterocycles. The van der Waals surface area contributed by atoms with E-state index in [9.17, 15) is 10.1 Å². The van der Waals surface area contributed by atoms with E-state index in [4.69, 9.17) is 9.47 Å². The molecule has 0 aliphatic rings. The molecule has 0 fully saturated rings. The van der Waals surface area contributed by atoms with Crippen LogP contribution in [0.1, 0.15) is 5.69 Å². The van der Waals surface area contributed by atoms with Gasteiger partial charge in [-0.2, -0.15) is 5.10 Å². The standard InChI is InChI=1S/C15H15N5O4/c1-23-13-7-11(12(20(21)22)8-14(13)24-2)17-9-10-3-5-16-15-4-6-18-19(10)15/h3-8,17H,9H2,1-2H3. The highest BCUT2D eigenvalue weighted by molar-refractivity contribution is 5.68. The van der Waals surface area contributed by atoms with Crippen molar-refractivity contribution in [3.8, 4) is 11.5 Å². The first-order valence-corrected chi connectivity index (χ1v) is 7.06. The summed E-state index contributed by atoms with van der Waals surface area (Å²) < 4.78 is 12.0. The molecule has 0 unspecified atom stereocenters. The zero-order chi connectivity index (χ0) is 17.1. The van der Waals surface area contributed by atoms with Crippen LogP contribution in [0.5, 0.6) is 11.5 Å². The SMILES string of the molecule is COc1cc(NCc2ccnc3ccnn23)c([N+](=O)[O-])cc1OC. The number of aromatic nitrogens is 3. The van der Waals surface area contributed by atoms with Gasteiger partial charge in [0.15, 0.2) is 17.1 Å². The minimum Gasteiger partial charge on any atom is -0.493 e. The highest BCUT2D eigenvalue weighted by Crippen LogP contribution is 2.37. The van der Waals surface area contributed by atoms with Gasteiger partial charge in [-0.15, -0.1) is 0 Å². The molecule has 2 heterocycles. The van der Waals surface area contributed by atoms with E-state index in [1.165, 1.54) is 20.3 Å². The number of anilines is 1. The van der Waals surface area contributed by atoms with Gasteiger partial charge in [0.25, 0.3) is 5.69 Å². The lowest BCUT2D eigenvalue weighted by atomic mass is 10.2. The molecule has 0 atom stereocenters. The van der Waals surface area contributed by atoms with Gasteiger partial charge >= 0.3 is 0 Å². The molecule has 0 radical (unpaired) electrons. The first kappa shape index (κ1) is 15.5. The lowest BCUT2D eigenvalue weighted by Crippen LogP contribution is -2.08. The largest absolute Gasteiger partial charge is 0.493 e. The molecule has 24 heavy (non-hydrogen) atoms. The maximum atomic E-state index is 11.3. The van der Waals surface area contributed by atoms with Crippen LogP contribution < -0.4 is 14.8 Å². The second-order valence-corrected chi connectivity index (χ2v) is 4.87. The summed E-state index contributed by atoms with van der Waals surface area (Å²) >= 11 is 0. The van der Waals surface area contributed by atoms with Crippen LogP contribution in [0, 0.1) is 10.1 Å². The molecule has 0 amide bonds. The normalized spacial score (nSPS) is 10.6. The van der Waals surface area contributed by atoms with Crippen LogP contribution in [0.15, 0.2) is 36.7 Å². The second-order valence-electron chi connectivity index (χ2n) is 4.87. The summed E-state index contributed by atoms with van der Waals surface area (Å²) in [6.45, 7) is 0.330. The van der Waals surface area contributed by atoms with Crippen molar-refractivity contribution in [1.29, 1.82) is 0 Å². The zero-order valence-electron chi connectivity index (χ0n) is 13.1. The van der Waals surface area contributed by atoms with Gasteiger partial charge in [0, 0.05) is 18.3 Å². The molecule has 9 nitrogen and oxygen atoms in total. The lowest BCUT2D eigenvalue weighted by molar-refractivity contribution is -0.384. The van der Waals surface area contributed by atoms with E-state index >= 15 is 0 Å². The molecule has 124 valence electrons. The third-order valence-corrected chi connectivity index (χ3v) is 3.53. The molecule has 0 aliphatic carbocycles. The third-order valence-electron chi connectivity index (χ3n) is 3.53. The molecule has 3 aromatic rings. The minimum atomic E-state index is -0.472. The number of methoxy groups -OCH3 is 2. The Balaban J connectivity index is 1.94. The van der Waals surface area contributed by atoms with Crippen molar-refractivity contribution in [2.45, 2.75) is 6.54 Å². The molecular weight excluding hydrogens is 314 g/mol. The molecule has 3 rings (SSSR count). The number of benzene rings is 1. The van der Waals surface area contributed by atoms with Crippen LogP contribution in [0.2, 0.25) is 0 Å². The molecule has 0 bridgehead atoms. The van der Waals surface area contributed by atoms with Crippen LogP contribution in [0.25, 0.3) is 5.65 Å².